The van der Waals surface area contributed by atoms with Crippen LogP contribution in [0.3, 0.4) is 0 Å². The third-order valence-corrected chi connectivity index (χ3v) is 4.32. The summed E-state index contributed by atoms with van der Waals surface area (Å²) in [5.41, 5.74) is 0.507. The molecule has 2 aromatic carbocycles. The van der Waals surface area contributed by atoms with Crippen molar-refractivity contribution < 1.29 is 14.3 Å². The van der Waals surface area contributed by atoms with Crippen molar-refractivity contribution in [2.75, 3.05) is 5.32 Å². The number of aromatic nitrogens is 3. The van der Waals surface area contributed by atoms with Crippen molar-refractivity contribution in [3.8, 4) is 11.4 Å². The van der Waals surface area contributed by atoms with Crippen LogP contribution in [0.4, 0.5) is 10.1 Å². The number of halogens is 1. The van der Waals surface area contributed by atoms with Crippen molar-refractivity contribution in [1.82, 2.24) is 14.8 Å². The smallest absolute Gasteiger partial charge is 0.266 e. The van der Waals surface area contributed by atoms with Gasteiger partial charge in [0, 0.05) is 0 Å². The van der Waals surface area contributed by atoms with Gasteiger partial charge in [-0.15, -0.1) is 0 Å². The van der Waals surface area contributed by atoms with Crippen molar-refractivity contribution >= 4 is 22.6 Å². The van der Waals surface area contributed by atoms with E-state index < -0.39 is 28.6 Å². The molecule has 140 valence electrons. The number of nitrogens with one attached hydrogen (secondary N) is 2. The predicted molar refractivity (Wildman–Crippen MR) is 102 cm³/mol. The van der Waals surface area contributed by atoms with Gasteiger partial charge in [-0.3, -0.25) is 9.59 Å². The summed E-state index contributed by atoms with van der Waals surface area (Å²) in [5, 5.41) is 17.2. The maximum Gasteiger partial charge on any atom is 0.266 e. The number of nitrogens with zero attached hydrogens (tertiary/aromatic N) is 2. The van der Waals surface area contributed by atoms with Crippen LogP contribution >= 0.6 is 0 Å². The van der Waals surface area contributed by atoms with Gasteiger partial charge in [-0.25, -0.2) is 9.07 Å². The minimum Gasteiger partial charge on any atom is -0.506 e. The average molecular weight is 378 g/mol. The van der Waals surface area contributed by atoms with Crippen LogP contribution in [0.5, 0.6) is 5.75 Å². The van der Waals surface area contributed by atoms with Crippen molar-refractivity contribution in [1.29, 1.82) is 0 Å². The summed E-state index contributed by atoms with van der Waals surface area (Å²) in [6.07, 6.45) is 1.35. The predicted octanol–water partition coefficient (Wildman–Crippen LogP) is 3.12. The average Bonchev–Trinajstić information content (AvgIpc) is 3.07. The Morgan fingerprint density at radius 1 is 1.21 bits per heavy atom. The number of pyridine rings is 1. The van der Waals surface area contributed by atoms with E-state index in [1.807, 2.05) is 25.1 Å². The fourth-order valence-corrected chi connectivity index (χ4v) is 2.97. The molecule has 28 heavy (non-hydrogen) atoms. The molecule has 4 aromatic rings. The van der Waals surface area contributed by atoms with Crippen LogP contribution in [0.1, 0.15) is 15.9 Å². The number of para-hydroxylation sites is 1. The summed E-state index contributed by atoms with van der Waals surface area (Å²) < 4.78 is 15.2. The largest absolute Gasteiger partial charge is 0.506 e. The minimum absolute atomic E-state index is 0.0955. The Morgan fingerprint density at radius 3 is 2.75 bits per heavy atom. The van der Waals surface area contributed by atoms with Crippen molar-refractivity contribution in [2.45, 2.75) is 6.92 Å². The Bertz CT molecular complexity index is 1280. The van der Waals surface area contributed by atoms with Crippen molar-refractivity contribution in [3.63, 3.8) is 0 Å². The van der Waals surface area contributed by atoms with Crippen molar-refractivity contribution in [3.05, 3.63) is 82.0 Å². The maximum absolute atomic E-state index is 13.8. The number of benzene rings is 2. The highest BCUT2D eigenvalue weighted by atomic mass is 19.1. The molecule has 0 spiro atoms. The van der Waals surface area contributed by atoms with Crippen LogP contribution in [-0.4, -0.2) is 25.8 Å². The Kier molecular flexibility index (Phi) is 4.15. The molecule has 0 aliphatic rings. The van der Waals surface area contributed by atoms with Gasteiger partial charge in [-0.1, -0.05) is 24.3 Å². The maximum atomic E-state index is 13.8. The summed E-state index contributed by atoms with van der Waals surface area (Å²) in [6, 6.07) is 13.0. The summed E-state index contributed by atoms with van der Waals surface area (Å²) >= 11 is 0. The van der Waals surface area contributed by atoms with Gasteiger partial charge in [0.1, 0.15) is 22.8 Å². The Morgan fingerprint density at radius 2 is 2.00 bits per heavy atom. The Labute approximate surface area is 158 Å². The van der Waals surface area contributed by atoms with Gasteiger partial charge in [-0.05, 0) is 36.8 Å². The zero-order chi connectivity index (χ0) is 19.8. The SMILES string of the molecule is Cc1cccc(-n2ncc3c(O)c(C(=O)Nc4ccccc4F)c(=O)[nH]c32)c1. The van der Waals surface area contributed by atoms with E-state index in [1.54, 1.807) is 6.07 Å². The van der Waals surface area contributed by atoms with Gasteiger partial charge in [0.15, 0.2) is 0 Å². The number of carbonyl (C=O) groups excluding carboxylic acids is 1. The number of amides is 1. The van der Waals surface area contributed by atoms with E-state index in [4.69, 9.17) is 0 Å². The molecule has 0 atom stereocenters. The molecule has 4 rings (SSSR count). The van der Waals surface area contributed by atoms with Crippen molar-refractivity contribution in [2.24, 2.45) is 0 Å². The van der Waals surface area contributed by atoms with E-state index >= 15 is 0 Å². The van der Waals surface area contributed by atoms with Crippen LogP contribution in [0.15, 0.2) is 59.5 Å². The molecule has 0 aliphatic heterocycles. The highest BCUT2D eigenvalue weighted by molar-refractivity contribution is 6.08. The highest BCUT2D eigenvalue weighted by Gasteiger charge is 2.22. The fourth-order valence-electron chi connectivity index (χ4n) is 2.97. The van der Waals surface area contributed by atoms with Crippen LogP contribution in [0.2, 0.25) is 0 Å². The lowest BCUT2D eigenvalue weighted by atomic mass is 10.2. The van der Waals surface area contributed by atoms with Crippen LogP contribution in [-0.2, 0) is 0 Å². The van der Waals surface area contributed by atoms with E-state index in [1.165, 1.54) is 35.1 Å². The number of rotatable bonds is 3. The number of hydrogen-bond donors (Lipinski definition) is 3. The third-order valence-electron chi connectivity index (χ3n) is 4.32. The first kappa shape index (κ1) is 17.5. The topological polar surface area (TPSA) is 100 Å². The minimum atomic E-state index is -0.922. The first-order valence-corrected chi connectivity index (χ1v) is 8.41. The molecule has 0 fully saturated rings. The molecule has 8 heteroatoms. The normalized spacial score (nSPS) is 10.9. The van der Waals surface area contributed by atoms with E-state index in [2.05, 4.69) is 15.4 Å². The number of aryl methyl sites for hydroxylation is 1. The molecule has 7 nitrogen and oxygen atoms in total. The zero-order valence-electron chi connectivity index (χ0n) is 14.7. The molecule has 3 N–H and O–H groups in total. The molecule has 0 unspecified atom stereocenters. The second kappa shape index (κ2) is 6.66. The molecule has 0 saturated heterocycles. The first-order valence-electron chi connectivity index (χ1n) is 8.41. The van der Waals surface area contributed by atoms with Gasteiger partial charge in [-0.2, -0.15) is 5.10 Å². The Balaban J connectivity index is 1.81. The molecule has 1 amide bonds. The zero-order valence-corrected chi connectivity index (χ0v) is 14.7. The van der Waals surface area contributed by atoms with Gasteiger partial charge in [0.2, 0.25) is 0 Å². The van der Waals surface area contributed by atoms with Gasteiger partial charge in [0.05, 0.1) is 23.0 Å². The number of fused-ring (bicyclic) bond motifs is 1. The number of anilines is 1. The summed E-state index contributed by atoms with van der Waals surface area (Å²) in [7, 11) is 0. The summed E-state index contributed by atoms with van der Waals surface area (Å²) in [6.45, 7) is 1.92. The second-order valence-corrected chi connectivity index (χ2v) is 6.27. The molecule has 0 bridgehead atoms. The lowest BCUT2D eigenvalue weighted by molar-refractivity contribution is 0.102. The van der Waals surface area contributed by atoms with Crippen LogP contribution in [0, 0.1) is 12.7 Å². The van der Waals surface area contributed by atoms with Gasteiger partial charge < -0.3 is 15.4 Å². The number of H-pyrrole nitrogens is 1. The van der Waals surface area contributed by atoms with E-state index in [9.17, 15) is 19.1 Å². The molecule has 0 aliphatic carbocycles. The van der Waals surface area contributed by atoms with Crippen LogP contribution in [0.25, 0.3) is 16.7 Å². The summed E-state index contributed by atoms with van der Waals surface area (Å²) in [5.74, 6) is -2.10. The van der Waals surface area contributed by atoms with Crippen LogP contribution < -0.4 is 10.9 Å². The molecule has 2 heterocycles. The monoisotopic (exact) mass is 378 g/mol. The third kappa shape index (κ3) is 2.90. The summed E-state index contributed by atoms with van der Waals surface area (Å²) in [4.78, 5) is 27.6. The van der Waals surface area contributed by atoms with E-state index in [-0.39, 0.29) is 16.7 Å². The quantitative estimate of drug-likeness (QED) is 0.510. The fraction of sp³-hybridized carbons (Fsp3) is 0.0500. The molecule has 0 saturated carbocycles. The highest BCUT2D eigenvalue weighted by Crippen LogP contribution is 2.27. The number of aromatic hydroxyl groups is 1. The van der Waals surface area contributed by atoms with E-state index in [0.29, 0.717) is 5.69 Å². The number of carbonyl (C=O) groups is 1. The second-order valence-electron chi connectivity index (χ2n) is 6.27. The molecule has 0 radical (unpaired) electrons. The molecule has 2 aromatic heterocycles. The van der Waals surface area contributed by atoms with E-state index in [0.717, 1.165) is 5.56 Å². The number of hydrogen-bond acceptors (Lipinski definition) is 4. The number of aromatic amines is 1. The first-order chi connectivity index (χ1) is 13.5. The lowest BCUT2D eigenvalue weighted by Gasteiger charge is -2.09. The van der Waals surface area contributed by atoms with Gasteiger partial charge >= 0.3 is 0 Å². The molecular formula is C20H15FN4O3. The standard InChI is InChI=1S/C20H15FN4O3/c1-11-5-4-6-12(9-11)25-18-13(10-22-25)17(26)16(20(28)24-18)19(27)23-15-8-3-2-7-14(15)21/h2-10H,1H3,(H,23,27)(H2,24,26,28). The Hall–Kier alpha value is -3.94. The lowest BCUT2D eigenvalue weighted by Crippen LogP contribution is -2.24. The van der Waals surface area contributed by atoms with Gasteiger partial charge in [0.25, 0.3) is 11.5 Å². The molecular weight excluding hydrogens is 363 g/mol.